The average Bonchev–Trinajstić information content (AvgIpc) is 1.96. The van der Waals surface area contributed by atoms with Gasteiger partial charge in [-0.2, -0.15) is 0 Å². The molecule has 0 aromatic rings. The smallest absolute Gasteiger partial charge is 0.157 e. The van der Waals surface area contributed by atoms with Gasteiger partial charge in [0.15, 0.2) is 15.6 Å². The maximum Gasteiger partial charge on any atom is 0.157 e. The van der Waals surface area contributed by atoms with E-state index in [2.05, 4.69) is 6.58 Å². The number of sulfone groups is 1. The molecule has 1 unspecified atom stereocenters. The first-order valence-corrected chi connectivity index (χ1v) is 6.06. The molecule has 0 aliphatic heterocycles. The number of hydrogen-bond donors (Lipinski definition) is 0. The Labute approximate surface area is 79.8 Å². The Bertz CT molecular complexity index is 301. The van der Waals surface area contributed by atoms with Crippen molar-refractivity contribution in [3.05, 3.63) is 12.2 Å². The lowest BCUT2D eigenvalue weighted by Gasteiger charge is -2.07. The second kappa shape index (κ2) is 4.56. The zero-order valence-corrected chi connectivity index (χ0v) is 9.15. The van der Waals surface area contributed by atoms with E-state index < -0.39 is 15.1 Å². The van der Waals surface area contributed by atoms with E-state index in [0.717, 1.165) is 11.8 Å². The molecule has 1 atom stereocenters. The highest BCUT2D eigenvalue weighted by molar-refractivity contribution is 7.92. The minimum atomic E-state index is -3.23. The van der Waals surface area contributed by atoms with Crippen LogP contribution < -0.4 is 0 Å². The highest BCUT2D eigenvalue weighted by Gasteiger charge is 2.22. The molecule has 0 aromatic carbocycles. The van der Waals surface area contributed by atoms with Gasteiger partial charge in [0.2, 0.25) is 0 Å². The summed E-state index contributed by atoms with van der Waals surface area (Å²) in [5.41, 5.74) is 0.897. The van der Waals surface area contributed by atoms with Crippen LogP contribution in [0.2, 0.25) is 0 Å². The van der Waals surface area contributed by atoms with Gasteiger partial charge in [0.1, 0.15) is 5.25 Å². The van der Waals surface area contributed by atoms with E-state index in [-0.39, 0.29) is 12.2 Å². The van der Waals surface area contributed by atoms with Gasteiger partial charge in [-0.25, -0.2) is 8.42 Å². The molecule has 0 rings (SSSR count). The van der Waals surface area contributed by atoms with E-state index >= 15 is 0 Å². The van der Waals surface area contributed by atoms with Crippen molar-refractivity contribution in [1.82, 2.24) is 0 Å². The second-order valence-corrected chi connectivity index (χ2v) is 5.76. The average molecular weight is 204 g/mol. The Morgan fingerprint density at radius 3 is 2.15 bits per heavy atom. The van der Waals surface area contributed by atoms with Gasteiger partial charge in [0.25, 0.3) is 0 Å². The molecule has 0 spiro atoms. The van der Waals surface area contributed by atoms with Crippen molar-refractivity contribution in [2.45, 2.75) is 31.9 Å². The predicted octanol–water partition coefficient (Wildman–Crippen LogP) is 1.34. The molecular formula is C9H16O3S. The number of rotatable bonds is 5. The molecule has 13 heavy (non-hydrogen) atoms. The molecule has 0 saturated carbocycles. The Hall–Kier alpha value is -0.640. The summed E-state index contributed by atoms with van der Waals surface area (Å²) in [6, 6.07) is 0. The van der Waals surface area contributed by atoms with Crippen LogP contribution in [0.1, 0.15) is 26.7 Å². The Morgan fingerprint density at radius 2 is 1.85 bits per heavy atom. The van der Waals surface area contributed by atoms with Gasteiger partial charge < -0.3 is 0 Å². The van der Waals surface area contributed by atoms with Crippen LogP contribution in [0.5, 0.6) is 0 Å². The van der Waals surface area contributed by atoms with Crippen LogP contribution in [0.4, 0.5) is 0 Å². The third kappa shape index (κ3) is 4.83. The third-order valence-corrected chi connectivity index (χ3v) is 3.44. The highest BCUT2D eigenvalue weighted by Crippen LogP contribution is 2.07. The zero-order valence-electron chi connectivity index (χ0n) is 8.33. The van der Waals surface area contributed by atoms with Crippen LogP contribution in [0.25, 0.3) is 0 Å². The van der Waals surface area contributed by atoms with Gasteiger partial charge in [-0.1, -0.05) is 5.57 Å². The van der Waals surface area contributed by atoms with Crippen LogP contribution >= 0.6 is 0 Å². The molecule has 0 aliphatic rings. The summed E-state index contributed by atoms with van der Waals surface area (Å²) in [6.07, 6.45) is 1.92. The summed E-state index contributed by atoms with van der Waals surface area (Å²) in [7, 11) is -3.23. The molecule has 0 aromatic heterocycles. The minimum absolute atomic E-state index is 0.231. The van der Waals surface area contributed by atoms with Crippen molar-refractivity contribution in [3.8, 4) is 0 Å². The van der Waals surface area contributed by atoms with Crippen LogP contribution in [0.3, 0.4) is 0 Å². The lowest BCUT2D eigenvalue weighted by Crippen LogP contribution is -2.25. The maximum absolute atomic E-state index is 11.3. The number of ketones is 1. The number of allylic oxidation sites excluding steroid dienone is 1. The van der Waals surface area contributed by atoms with Crippen molar-refractivity contribution in [2.75, 3.05) is 6.26 Å². The van der Waals surface area contributed by atoms with Crippen LogP contribution in [-0.4, -0.2) is 25.7 Å². The summed E-state index contributed by atoms with van der Waals surface area (Å²) in [5.74, 6) is -0.231. The standard InChI is InChI=1S/C9H16O3S/c1-7(2)5-6-9(10)8(3)13(4,11)12/h8H,1,5-6H2,2-4H3. The van der Waals surface area contributed by atoms with Crippen molar-refractivity contribution in [3.63, 3.8) is 0 Å². The summed E-state index contributed by atoms with van der Waals surface area (Å²) in [5, 5.41) is -0.883. The summed E-state index contributed by atoms with van der Waals surface area (Å²) >= 11 is 0. The summed E-state index contributed by atoms with van der Waals surface area (Å²) in [4.78, 5) is 11.3. The van der Waals surface area contributed by atoms with Crippen molar-refractivity contribution < 1.29 is 13.2 Å². The highest BCUT2D eigenvalue weighted by atomic mass is 32.2. The molecule has 0 heterocycles. The maximum atomic E-state index is 11.3. The minimum Gasteiger partial charge on any atom is -0.298 e. The zero-order chi connectivity index (χ0) is 10.6. The monoisotopic (exact) mass is 204 g/mol. The molecule has 0 fully saturated rings. The molecular weight excluding hydrogens is 188 g/mol. The molecule has 0 bridgehead atoms. The van der Waals surface area contributed by atoms with Crippen molar-refractivity contribution >= 4 is 15.6 Å². The lowest BCUT2D eigenvalue weighted by atomic mass is 10.1. The van der Waals surface area contributed by atoms with Crippen LogP contribution in [0, 0.1) is 0 Å². The SMILES string of the molecule is C=C(C)CCC(=O)C(C)S(C)(=O)=O. The molecule has 0 aliphatic carbocycles. The topological polar surface area (TPSA) is 51.2 Å². The van der Waals surface area contributed by atoms with Gasteiger partial charge in [-0.15, -0.1) is 6.58 Å². The quantitative estimate of drug-likeness (QED) is 0.635. The Morgan fingerprint density at radius 1 is 1.38 bits per heavy atom. The van der Waals surface area contributed by atoms with Crippen LogP contribution in [0.15, 0.2) is 12.2 Å². The fraction of sp³-hybridized carbons (Fsp3) is 0.667. The van der Waals surface area contributed by atoms with E-state index in [4.69, 9.17) is 0 Å². The van der Waals surface area contributed by atoms with E-state index in [9.17, 15) is 13.2 Å². The summed E-state index contributed by atoms with van der Waals surface area (Å²) < 4.78 is 21.9. The van der Waals surface area contributed by atoms with Gasteiger partial charge in [0.05, 0.1) is 0 Å². The van der Waals surface area contributed by atoms with E-state index in [1.54, 1.807) is 0 Å². The fourth-order valence-corrected chi connectivity index (χ4v) is 1.37. The molecule has 0 amide bonds. The fourth-order valence-electron chi connectivity index (χ4n) is 0.779. The Kier molecular flexibility index (Phi) is 4.33. The molecule has 0 radical (unpaired) electrons. The molecule has 0 saturated heterocycles. The van der Waals surface area contributed by atoms with Crippen molar-refractivity contribution in [2.24, 2.45) is 0 Å². The van der Waals surface area contributed by atoms with Crippen LogP contribution in [-0.2, 0) is 14.6 Å². The lowest BCUT2D eigenvalue weighted by molar-refractivity contribution is -0.118. The van der Waals surface area contributed by atoms with Gasteiger partial charge in [-0.3, -0.25) is 4.79 Å². The molecule has 4 heteroatoms. The van der Waals surface area contributed by atoms with Gasteiger partial charge in [0, 0.05) is 12.7 Å². The molecule has 76 valence electrons. The number of hydrogen-bond acceptors (Lipinski definition) is 3. The first-order valence-electron chi connectivity index (χ1n) is 4.11. The summed E-state index contributed by atoms with van der Waals surface area (Å²) in [6.45, 7) is 6.89. The molecule has 3 nitrogen and oxygen atoms in total. The third-order valence-electron chi connectivity index (χ3n) is 1.89. The van der Waals surface area contributed by atoms with E-state index in [1.807, 2.05) is 6.92 Å². The van der Waals surface area contributed by atoms with E-state index in [0.29, 0.717) is 6.42 Å². The van der Waals surface area contributed by atoms with Crippen molar-refractivity contribution in [1.29, 1.82) is 0 Å². The van der Waals surface area contributed by atoms with Gasteiger partial charge >= 0.3 is 0 Å². The predicted molar refractivity (Wildman–Crippen MR) is 53.4 cm³/mol. The largest absolute Gasteiger partial charge is 0.298 e. The number of carbonyl (C=O) groups is 1. The normalized spacial score (nSPS) is 13.8. The molecule has 0 N–H and O–H groups in total. The number of Topliss-reactive ketones (excluding diaryl/α,β-unsaturated/α-hetero) is 1. The van der Waals surface area contributed by atoms with Gasteiger partial charge in [-0.05, 0) is 20.3 Å². The number of carbonyl (C=O) groups excluding carboxylic acids is 1. The Balaban J connectivity index is 4.22. The second-order valence-electron chi connectivity index (χ2n) is 3.40. The first kappa shape index (κ1) is 12.4. The first-order chi connectivity index (χ1) is 5.75. The van der Waals surface area contributed by atoms with E-state index in [1.165, 1.54) is 6.92 Å².